The lowest BCUT2D eigenvalue weighted by Gasteiger charge is -2.08. The fourth-order valence-electron chi connectivity index (χ4n) is 1.01. The van der Waals surface area contributed by atoms with E-state index in [2.05, 4.69) is 10.4 Å². The van der Waals surface area contributed by atoms with Gasteiger partial charge in [-0.05, 0) is 18.2 Å². The monoisotopic (exact) mass is 253 g/mol. The van der Waals surface area contributed by atoms with Gasteiger partial charge in [-0.2, -0.15) is 19.0 Å². The number of nitrogens with one attached hydrogen (secondary N) is 2. The zero-order chi connectivity index (χ0) is 12.3. The number of alkyl halides is 3. The smallest absolute Gasteiger partial charge is 0.289 e. The molecule has 0 aliphatic carbocycles. The molecule has 0 bridgehead atoms. The van der Waals surface area contributed by atoms with Gasteiger partial charge in [-0.3, -0.25) is 5.73 Å². The third-order valence-electron chi connectivity index (χ3n) is 1.71. The fraction of sp³-hybridized carbons (Fsp3) is 0.125. The zero-order valence-corrected chi connectivity index (χ0v) is 8.65. The summed E-state index contributed by atoms with van der Waals surface area (Å²) in [5.41, 5.74) is 6.50. The van der Waals surface area contributed by atoms with Gasteiger partial charge in [-0.1, -0.05) is 11.6 Å². The van der Waals surface area contributed by atoms with Crippen LogP contribution >= 0.6 is 11.6 Å². The SMILES string of the molecule is NNC(N)=[NH+]c1ccc(Cl)c(C(F)(F)F)c1. The van der Waals surface area contributed by atoms with Crippen LogP contribution in [0.1, 0.15) is 5.56 Å². The lowest BCUT2D eigenvalue weighted by atomic mass is 10.2. The maximum absolute atomic E-state index is 12.5. The van der Waals surface area contributed by atoms with Crippen molar-refractivity contribution in [3.8, 4) is 0 Å². The number of rotatable bonds is 1. The second kappa shape index (κ2) is 4.58. The average molecular weight is 254 g/mol. The molecule has 0 amide bonds. The van der Waals surface area contributed by atoms with Gasteiger partial charge in [0.1, 0.15) is 0 Å². The molecular weight excluding hydrogens is 245 g/mol. The molecule has 0 unspecified atom stereocenters. The van der Waals surface area contributed by atoms with Gasteiger partial charge in [-0.15, -0.1) is 0 Å². The van der Waals surface area contributed by atoms with E-state index in [4.69, 9.17) is 23.2 Å². The molecule has 0 saturated heterocycles. The first-order valence-electron chi connectivity index (χ1n) is 4.07. The summed E-state index contributed by atoms with van der Waals surface area (Å²) >= 11 is 5.43. The summed E-state index contributed by atoms with van der Waals surface area (Å²) in [5, 5.41) is -0.377. The van der Waals surface area contributed by atoms with Crippen LogP contribution in [0.25, 0.3) is 0 Å². The third-order valence-corrected chi connectivity index (χ3v) is 2.04. The van der Waals surface area contributed by atoms with E-state index in [1.165, 1.54) is 6.07 Å². The maximum Gasteiger partial charge on any atom is 0.417 e. The molecule has 16 heavy (non-hydrogen) atoms. The van der Waals surface area contributed by atoms with E-state index in [0.29, 0.717) is 0 Å². The van der Waals surface area contributed by atoms with Crippen molar-refractivity contribution in [1.82, 2.24) is 5.43 Å². The number of hydrogen-bond acceptors (Lipinski definition) is 1. The van der Waals surface area contributed by atoms with E-state index in [-0.39, 0.29) is 16.7 Å². The third kappa shape index (κ3) is 3.01. The van der Waals surface area contributed by atoms with Crippen molar-refractivity contribution in [2.75, 3.05) is 0 Å². The van der Waals surface area contributed by atoms with Crippen LogP contribution in [0.15, 0.2) is 18.2 Å². The summed E-state index contributed by atoms with van der Waals surface area (Å²) < 4.78 is 37.4. The number of hydrogen-bond donors (Lipinski definition) is 4. The summed E-state index contributed by atoms with van der Waals surface area (Å²) in [5.74, 6) is 4.88. The van der Waals surface area contributed by atoms with Crippen molar-refractivity contribution < 1.29 is 18.2 Å². The Morgan fingerprint density at radius 2 is 2.00 bits per heavy atom. The molecule has 6 N–H and O–H groups in total. The number of nitrogens with two attached hydrogens (primary N) is 2. The van der Waals surface area contributed by atoms with Crippen LogP contribution in [0, 0.1) is 0 Å². The van der Waals surface area contributed by atoms with Crippen molar-refractivity contribution in [2.24, 2.45) is 11.6 Å². The molecule has 0 spiro atoms. The molecule has 0 atom stereocenters. The standard InChI is InChI=1S/C8H8ClF3N4/c9-6-2-1-4(15-7(13)16-14)3-5(6)8(10,11)12/h1-3H,14H2,(H3,13,15,16)/p+1. The summed E-state index contributed by atoms with van der Waals surface area (Å²) in [6, 6.07) is 3.31. The van der Waals surface area contributed by atoms with Gasteiger partial charge in [-0.25, -0.2) is 10.4 Å². The van der Waals surface area contributed by atoms with E-state index in [1.807, 2.05) is 0 Å². The normalized spacial score (nSPS) is 12.7. The first kappa shape index (κ1) is 12.6. The highest BCUT2D eigenvalue weighted by Crippen LogP contribution is 2.35. The molecule has 1 aromatic carbocycles. The van der Waals surface area contributed by atoms with E-state index in [9.17, 15) is 13.2 Å². The van der Waals surface area contributed by atoms with E-state index < -0.39 is 11.7 Å². The Morgan fingerprint density at radius 1 is 1.38 bits per heavy atom. The highest BCUT2D eigenvalue weighted by Gasteiger charge is 2.33. The Bertz CT molecular complexity index is 416. The molecule has 0 aliphatic rings. The number of hydrazine groups is 1. The van der Waals surface area contributed by atoms with Crippen LogP contribution in [0.4, 0.5) is 18.9 Å². The second-order valence-corrected chi connectivity index (χ2v) is 3.28. The van der Waals surface area contributed by atoms with Gasteiger partial charge in [0, 0.05) is 0 Å². The predicted molar refractivity (Wildman–Crippen MR) is 53.6 cm³/mol. The van der Waals surface area contributed by atoms with Crippen molar-refractivity contribution in [2.45, 2.75) is 6.18 Å². The largest absolute Gasteiger partial charge is 0.417 e. The van der Waals surface area contributed by atoms with Crippen molar-refractivity contribution in [3.05, 3.63) is 28.8 Å². The molecule has 0 aromatic heterocycles. The van der Waals surface area contributed by atoms with E-state index in [1.54, 1.807) is 0 Å². The summed E-state index contributed by atoms with van der Waals surface area (Å²) in [6.07, 6.45) is -4.51. The molecule has 0 fully saturated rings. The van der Waals surface area contributed by atoms with Crippen molar-refractivity contribution >= 4 is 23.2 Å². The van der Waals surface area contributed by atoms with Gasteiger partial charge >= 0.3 is 12.1 Å². The predicted octanol–water partition coefficient (Wildman–Crippen LogP) is -0.151. The molecule has 1 rings (SSSR count). The maximum atomic E-state index is 12.5. The van der Waals surface area contributed by atoms with Crippen LogP contribution in [0.2, 0.25) is 5.02 Å². The van der Waals surface area contributed by atoms with Crippen molar-refractivity contribution in [3.63, 3.8) is 0 Å². The average Bonchev–Trinajstić information content (AvgIpc) is 2.19. The van der Waals surface area contributed by atoms with Gasteiger partial charge in [0.05, 0.1) is 16.3 Å². The Kier molecular flexibility index (Phi) is 3.61. The van der Waals surface area contributed by atoms with Crippen LogP contribution in [-0.4, -0.2) is 5.96 Å². The van der Waals surface area contributed by atoms with Crippen LogP contribution in [0.5, 0.6) is 0 Å². The number of guanidine groups is 1. The van der Waals surface area contributed by atoms with Gasteiger partial charge in [0.15, 0.2) is 0 Å². The topological polar surface area (TPSA) is 78.0 Å². The minimum Gasteiger partial charge on any atom is -0.289 e. The quantitative estimate of drug-likeness (QED) is 0.243. The number of benzene rings is 1. The molecule has 0 heterocycles. The lowest BCUT2D eigenvalue weighted by molar-refractivity contribution is -0.358. The van der Waals surface area contributed by atoms with Gasteiger partial charge in [0.2, 0.25) is 0 Å². The molecule has 0 aliphatic heterocycles. The Labute approximate surface area is 94.1 Å². The lowest BCUT2D eigenvalue weighted by Crippen LogP contribution is -2.74. The molecule has 0 radical (unpaired) electrons. The van der Waals surface area contributed by atoms with Crippen LogP contribution < -0.4 is 22.0 Å². The molecule has 1 aromatic rings. The first-order valence-corrected chi connectivity index (χ1v) is 4.45. The zero-order valence-electron chi connectivity index (χ0n) is 7.90. The van der Waals surface area contributed by atoms with Crippen molar-refractivity contribution in [1.29, 1.82) is 0 Å². The van der Waals surface area contributed by atoms with E-state index >= 15 is 0 Å². The minimum absolute atomic E-state index is 0.0737. The molecule has 4 nitrogen and oxygen atoms in total. The van der Waals surface area contributed by atoms with Gasteiger partial charge in [0.25, 0.3) is 0 Å². The molecule has 8 heteroatoms. The van der Waals surface area contributed by atoms with Crippen LogP contribution in [-0.2, 0) is 6.18 Å². The molecule has 88 valence electrons. The summed E-state index contributed by atoms with van der Waals surface area (Å²) in [7, 11) is 0. The van der Waals surface area contributed by atoms with E-state index in [0.717, 1.165) is 12.1 Å². The Balaban J connectivity index is 3.18. The highest BCUT2D eigenvalue weighted by atomic mass is 35.5. The summed E-state index contributed by atoms with van der Waals surface area (Å²) in [6.45, 7) is 0. The molecular formula is C8H9ClF3N4+. The minimum atomic E-state index is -4.51. The van der Waals surface area contributed by atoms with Crippen LogP contribution in [0.3, 0.4) is 0 Å². The Hall–Kier alpha value is -1.47. The van der Waals surface area contributed by atoms with Gasteiger partial charge < -0.3 is 0 Å². The highest BCUT2D eigenvalue weighted by molar-refractivity contribution is 6.31. The first-order chi connectivity index (χ1) is 7.34. The Morgan fingerprint density at radius 3 is 2.50 bits per heavy atom. The number of halogens is 4. The second-order valence-electron chi connectivity index (χ2n) is 2.88. The summed E-state index contributed by atoms with van der Waals surface area (Å²) in [4.78, 5) is 2.43. The fourth-order valence-corrected chi connectivity index (χ4v) is 1.24. The molecule has 0 saturated carbocycles.